The number of hydrogen-bond acceptors (Lipinski definition) is 3. The van der Waals surface area contributed by atoms with Crippen molar-refractivity contribution < 1.29 is 9.53 Å². The maximum absolute atomic E-state index is 11.7. The molecule has 0 aromatic rings. The molecule has 0 unspecified atom stereocenters. The van der Waals surface area contributed by atoms with Crippen LogP contribution in [0.5, 0.6) is 0 Å². The van der Waals surface area contributed by atoms with Crippen LogP contribution in [0.15, 0.2) is 29.0 Å². The van der Waals surface area contributed by atoms with Crippen molar-refractivity contribution in [2.45, 2.75) is 47.1 Å². The van der Waals surface area contributed by atoms with Crippen LogP contribution >= 0.6 is 0 Å². The van der Waals surface area contributed by atoms with Gasteiger partial charge in [-0.1, -0.05) is 26.0 Å². The van der Waals surface area contributed by atoms with Gasteiger partial charge in [0.1, 0.15) is 11.4 Å². The van der Waals surface area contributed by atoms with Gasteiger partial charge in [0, 0.05) is 7.05 Å². The van der Waals surface area contributed by atoms with Crippen LogP contribution in [0.4, 0.5) is 4.79 Å². The van der Waals surface area contributed by atoms with Gasteiger partial charge in [-0.2, -0.15) is 0 Å². The lowest BCUT2D eigenvalue weighted by Gasteiger charge is -2.24. The van der Waals surface area contributed by atoms with Gasteiger partial charge in [-0.25, -0.2) is 9.79 Å². The van der Waals surface area contributed by atoms with Crippen molar-refractivity contribution in [3.05, 3.63) is 24.0 Å². The van der Waals surface area contributed by atoms with Gasteiger partial charge in [-0.05, 0) is 40.5 Å². The summed E-state index contributed by atoms with van der Waals surface area (Å²) in [5.41, 5.74) is 0.263. The van der Waals surface area contributed by atoms with Crippen LogP contribution in [0, 0.1) is 0 Å². The Morgan fingerprint density at radius 3 is 2.06 bits per heavy atom. The lowest BCUT2D eigenvalue weighted by molar-refractivity contribution is 0.0352. The summed E-state index contributed by atoms with van der Waals surface area (Å²) in [6.07, 6.45) is 1.20. The van der Waals surface area contributed by atoms with Gasteiger partial charge in [0.25, 0.3) is 0 Å². The fourth-order valence-corrected chi connectivity index (χ4v) is 0.893. The van der Waals surface area contributed by atoms with E-state index in [0.29, 0.717) is 5.82 Å². The standard InChI is InChI=1S/C12H20N2O2.C2H6/c1-9(2)8-10(13-6)14(7)11(15)16-12(3,4)5;1-2/h8H,1,6H2,2-5,7H3;1-2H3/b10-8+;. The number of allylic oxidation sites excluding steroid dienone is 2. The van der Waals surface area contributed by atoms with Crippen LogP contribution in [0.1, 0.15) is 41.5 Å². The first-order valence-electron chi connectivity index (χ1n) is 5.98. The molecular weight excluding hydrogens is 228 g/mol. The summed E-state index contributed by atoms with van der Waals surface area (Å²) in [4.78, 5) is 16.7. The highest BCUT2D eigenvalue weighted by Crippen LogP contribution is 2.13. The Morgan fingerprint density at radius 2 is 1.78 bits per heavy atom. The van der Waals surface area contributed by atoms with Crippen molar-refractivity contribution in [3.8, 4) is 0 Å². The number of ether oxygens (including phenoxy) is 1. The lowest BCUT2D eigenvalue weighted by atomic mass is 10.2. The molecule has 0 spiro atoms. The quantitative estimate of drug-likeness (QED) is 0.564. The molecule has 0 saturated heterocycles. The van der Waals surface area contributed by atoms with Crippen molar-refractivity contribution in [2.75, 3.05) is 7.05 Å². The van der Waals surface area contributed by atoms with E-state index in [1.165, 1.54) is 4.90 Å². The van der Waals surface area contributed by atoms with Crippen LogP contribution in [-0.4, -0.2) is 30.4 Å². The Labute approximate surface area is 111 Å². The van der Waals surface area contributed by atoms with Crippen molar-refractivity contribution >= 4 is 12.8 Å². The molecule has 0 fully saturated rings. The van der Waals surface area contributed by atoms with Crippen LogP contribution < -0.4 is 0 Å². The summed E-state index contributed by atoms with van der Waals surface area (Å²) in [6.45, 7) is 18.4. The third-order valence-electron chi connectivity index (χ3n) is 1.55. The van der Waals surface area contributed by atoms with Gasteiger partial charge in [-0.3, -0.25) is 4.90 Å². The monoisotopic (exact) mass is 254 g/mol. The molecule has 1 amide bonds. The van der Waals surface area contributed by atoms with Gasteiger partial charge < -0.3 is 4.74 Å². The zero-order chi connectivity index (χ0) is 14.9. The number of aliphatic imine (C=N–C) groups is 1. The molecule has 0 saturated carbocycles. The van der Waals surface area contributed by atoms with Crippen LogP contribution in [-0.2, 0) is 4.74 Å². The van der Waals surface area contributed by atoms with Gasteiger partial charge in [0.2, 0.25) is 0 Å². The summed E-state index contributed by atoms with van der Waals surface area (Å²) in [7, 11) is 1.58. The Morgan fingerprint density at radius 1 is 1.33 bits per heavy atom. The molecule has 0 aliphatic heterocycles. The van der Waals surface area contributed by atoms with Crippen LogP contribution in [0.2, 0.25) is 0 Å². The predicted molar refractivity (Wildman–Crippen MR) is 77.8 cm³/mol. The molecule has 0 N–H and O–H groups in total. The van der Waals surface area contributed by atoms with Gasteiger partial charge in [-0.15, -0.1) is 0 Å². The SMILES string of the molecule is C=N/C(=C\C(=C)C)N(C)C(=O)OC(C)(C)C.CC. The molecule has 0 bridgehead atoms. The molecule has 0 rings (SSSR count). The van der Waals surface area contributed by atoms with Crippen molar-refractivity contribution in [3.63, 3.8) is 0 Å². The minimum Gasteiger partial charge on any atom is -0.443 e. The molecule has 0 aromatic carbocycles. The molecule has 104 valence electrons. The summed E-state index contributed by atoms with van der Waals surface area (Å²) in [5, 5.41) is 0. The number of carbonyl (C=O) groups is 1. The van der Waals surface area contributed by atoms with E-state index in [4.69, 9.17) is 4.74 Å². The molecule has 0 heterocycles. The van der Waals surface area contributed by atoms with Crippen molar-refractivity contribution in [1.82, 2.24) is 4.90 Å². The van der Waals surface area contributed by atoms with Gasteiger partial charge in [0.15, 0.2) is 0 Å². The first-order valence-corrected chi connectivity index (χ1v) is 5.98. The Bertz CT molecular complexity index is 325. The molecule has 0 aliphatic rings. The average molecular weight is 254 g/mol. The third kappa shape index (κ3) is 8.56. The number of nitrogens with zero attached hydrogens (tertiary/aromatic N) is 2. The van der Waals surface area contributed by atoms with Crippen molar-refractivity contribution in [2.24, 2.45) is 4.99 Å². The molecule has 18 heavy (non-hydrogen) atoms. The smallest absolute Gasteiger partial charge is 0.415 e. The zero-order valence-electron chi connectivity index (χ0n) is 12.7. The summed E-state index contributed by atoms with van der Waals surface area (Å²) in [5.74, 6) is 0.418. The van der Waals surface area contributed by atoms with Crippen molar-refractivity contribution in [1.29, 1.82) is 0 Å². The Hall–Kier alpha value is -1.58. The largest absolute Gasteiger partial charge is 0.443 e. The van der Waals surface area contributed by atoms with E-state index in [9.17, 15) is 4.79 Å². The molecule has 4 heteroatoms. The minimum absolute atomic E-state index is 0.418. The topological polar surface area (TPSA) is 41.9 Å². The minimum atomic E-state index is -0.527. The molecule has 0 atom stereocenters. The Balaban J connectivity index is 0. The molecule has 0 aliphatic carbocycles. The maximum atomic E-state index is 11.7. The number of carbonyl (C=O) groups excluding carboxylic acids is 1. The molecule has 0 radical (unpaired) electrons. The molecule has 0 aromatic heterocycles. The highest BCUT2D eigenvalue weighted by molar-refractivity contribution is 5.70. The summed E-state index contributed by atoms with van der Waals surface area (Å²) >= 11 is 0. The van der Waals surface area contributed by atoms with Gasteiger partial charge in [0.05, 0.1) is 0 Å². The molecule has 4 nitrogen and oxygen atoms in total. The van der Waals surface area contributed by atoms with Gasteiger partial charge >= 0.3 is 6.09 Å². The number of hydrogen-bond donors (Lipinski definition) is 0. The maximum Gasteiger partial charge on any atom is 0.415 e. The number of amides is 1. The van der Waals surface area contributed by atoms with E-state index in [1.807, 2.05) is 41.5 Å². The first-order chi connectivity index (χ1) is 8.17. The van der Waals surface area contributed by atoms with Crippen LogP contribution in [0.3, 0.4) is 0 Å². The second kappa shape index (κ2) is 8.50. The zero-order valence-corrected chi connectivity index (χ0v) is 12.7. The molecular formula is C14H26N2O2. The second-order valence-electron chi connectivity index (χ2n) is 4.55. The Kier molecular flexibility index (Phi) is 8.87. The summed E-state index contributed by atoms with van der Waals surface area (Å²) < 4.78 is 5.19. The average Bonchev–Trinajstić information content (AvgIpc) is 2.25. The highest BCUT2D eigenvalue weighted by Gasteiger charge is 2.21. The van der Waals surface area contributed by atoms with E-state index in [1.54, 1.807) is 13.1 Å². The summed E-state index contributed by atoms with van der Waals surface area (Å²) in [6, 6.07) is 0. The van der Waals surface area contributed by atoms with E-state index in [0.717, 1.165) is 5.57 Å². The lowest BCUT2D eigenvalue weighted by Crippen LogP contribution is -2.33. The third-order valence-corrected chi connectivity index (χ3v) is 1.55. The first kappa shape index (κ1) is 18.8. The fraction of sp³-hybridized carbons (Fsp3) is 0.571. The van der Waals surface area contributed by atoms with Crippen LogP contribution in [0.25, 0.3) is 0 Å². The normalized spacial score (nSPS) is 10.9. The van der Waals surface area contributed by atoms with E-state index in [2.05, 4.69) is 18.3 Å². The predicted octanol–water partition coefficient (Wildman–Crippen LogP) is 4.00. The highest BCUT2D eigenvalue weighted by atomic mass is 16.6. The number of rotatable bonds is 3. The van der Waals surface area contributed by atoms with E-state index < -0.39 is 11.7 Å². The van der Waals surface area contributed by atoms with E-state index in [-0.39, 0.29) is 0 Å². The second-order valence-corrected chi connectivity index (χ2v) is 4.55. The van der Waals surface area contributed by atoms with E-state index >= 15 is 0 Å². The fourth-order valence-electron chi connectivity index (χ4n) is 0.893.